The number of hydrogen-bond donors (Lipinski definition) is 0. The Morgan fingerprint density at radius 2 is 2.33 bits per heavy atom. The average Bonchev–Trinajstić information content (AvgIpc) is 1.79. The zero-order valence-corrected chi connectivity index (χ0v) is 7.65. The molecule has 0 aromatic rings. The minimum atomic E-state index is -0.921. The van der Waals surface area contributed by atoms with Crippen molar-refractivity contribution in [3.8, 4) is 0 Å². The number of hydrogen-bond acceptors (Lipinski definition) is 1. The van der Waals surface area contributed by atoms with Crippen molar-refractivity contribution in [2.24, 2.45) is 0 Å². The first-order valence-corrected chi connectivity index (χ1v) is 6.11. The van der Waals surface area contributed by atoms with Gasteiger partial charge in [-0.15, -0.1) is 0 Å². The monoisotopic (exact) mass is 245 g/mol. The van der Waals surface area contributed by atoms with Crippen LogP contribution in [0.1, 0.15) is 19.3 Å². The average molecular weight is 245 g/mol. The Morgan fingerprint density at radius 1 is 1.67 bits per heavy atom. The van der Waals surface area contributed by atoms with Crippen LogP contribution in [0.3, 0.4) is 0 Å². The molecule has 1 aliphatic carbocycles. The summed E-state index contributed by atoms with van der Waals surface area (Å²) in [5.41, 5.74) is -0.921. The number of rotatable bonds is 3. The van der Waals surface area contributed by atoms with Crippen LogP contribution >= 0.6 is 0 Å². The summed E-state index contributed by atoms with van der Waals surface area (Å²) in [4.78, 5) is 2.00. The van der Waals surface area contributed by atoms with Crippen molar-refractivity contribution in [2.45, 2.75) is 24.9 Å². The molecule has 0 saturated heterocycles. The van der Waals surface area contributed by atoms with Crippen molar-refractivity contribution >= 4 is 0 Å². The molecule has 1 rings (SSSR count). The van der Waals surface area contributed by atoms with E-state index in [-0.39, 0.29) is 21.6 Å². The van der Waals surface area contributed by atoms with Gasteiger partial charge in [-0.1, -0.05) is 0 Å². The molecule has 9 heavy (non-hydrogen) atoms. The number of alkyl halides is 2. The SMILES string of the molecule is C[I-]OCC1(F)CCC1. The third kappa shape index (κ3) is 2.04. The van der Waals surface area contributed by atoms with Gasteiger partial charge in [-0.25, -0.2) is 0 Å². The van der Waals surface area contributed by atoms with Crippen LogP contribution < -0.4 is 21.6 Å². The molecule has 0 radical (unpaired) electrons. The normalized spacial score (nSPS) is 23.8. The molecule has 0 heterocycles. The minimum absolute atomic E-state index is 0.171. The van der Waals surface area contributed by atoms with Crippen LogP contribution in [0.5, 0.6) is 0 Å². The molecule has 0 amide bonds. The maximum atomic E-state index is 13.0. The maximum absolute atomic E-state index is 13.0. The Labute approximate surface area is 65.8 Å². The van der Waals surface area contributed by atoms with Gasteiger partial charge in [0, 0.05) is 0 Å². The molecule has 0 bridgehead atoms. The molecule has 0 aromatic heterocycles. The van der Waals surface area contributed by atoms with Crippen molar-refractivity contribution in [3.63, 3.8) is 0 Å². The summed E-state index contributed by atoms with van der Waals surface area (Å²) in [6, 6.07) is 0. The van der Waals surface area contributed by atoms with E-state index in [0.717, 1.165) is 19.3 Å². The third-order valence-electron chi connectivity index (χ3n) is 1.67. The van der Waals surface area contributed by atoms with E-state index in [1.165, 1.54) is 0 Å². The van der Waals surface area contributed by atoms with Gasteiger partial charge >= 0.3 is 65.5 Å². The predicted octanol–water partition coefficient (Wildman–Crippen LogP) is -1.47. The molecule has 0 atom stereocenters. The molecule has 1 saturated carbocycles. The molecule has 1 aliphatic rings. The Balaban J connectivity index is 2.09. The Morgan fingerprint density at radius 3 is 2.67 bits per heavy atom. The van der Waals surface area contributed by atoms with Crippen molar-refractivity contribution in [1.29, 1.82) is 0 Å². The van der Waals surface area contributed by atoms with Gasteiger partial charge in [0.05, 0.1) is 0 Å². The van der Waals surface area contributed by atoms with Crippen LogP contribution in [-0.2, 0) is 3.07 Å². The molecule has 0 unspecified atom stereocenters. The molecule has 1 fully saturated rings. The van der Waals surface area contributed by atoms with Crippen molar-refractivity contribution < 1.29 is 29.1 Å². The molecule has 56 valence electrons. The van der Waals surface area contributed by atoms with E-state index in [1.807, 2.05) is 4.93 Å². The van der Waals surface area contributed by atoms with E-state index in [9.17, 15) is 4.39 Å². The van der Waals surface area contributed by atoms with E-state index in [4.69, 9.17) is 3.07 Å². The predicted molar refractivity (Wildman–Crippen MR) is 29.6 cm³/mol. The number of halogens is 2. The Kier molecular flexibility index (Phi) is 2.70. The van der Waals surface area contributed by atoms with Crippen molar-refractivity contribution in [1.82, 2.24) is 0 Å². The van der Waals surface area contributed by atoms with E-state index >= 15 is 0 Å². The molecule has 0 N–H and O–H groups in total. The summed E-state index contributed by atoms with van der Waals surface area (Å²) in [6.45, 7) is 0.358. The molecule has 0 aromatic carbocycles. The Bertz CT molecular complexity index is 93.1. The fourth-order valence-electron chi connectivity index (χ4n) is 0.857. The molecule has 3 heteroatoms. The third-order valence-corrected chi connectivity index (χ3v) is 2.61. The van der Waals surface area contributed by atoms with Gasteiger partial charge in [-0.05, 0) is 0 Å². The van der Waals surface area contributed by atoms with E-state index in [1.54, 1.807) is 0 Å². The van der Waals surface area contributed by atoms with Gasteiger partial charge in [0.1, 0.15) is 0 Å². The van der Waals surface area contributed by atoms with Gasteiger partial charge in [0.15, 0.2) is 0 Å². The molecule has 0 aliphatic heterocycles. The first-order valence-electron chi connectivity index (χ1n) is 3.07. The molecular weight excluding hydrogens is 234 g/mol. The fourth-order valence-corrected chi connectivity index (χ4v) is 1.73. The summed E-state index contributed by atoms with van der Waals surface area (Å²) < 4.78 is 18.1. The second-order valence-corrected chi connectivity index (χ2v) is 3.92. The summed E-state index contributed by atoms with van der Waals surface area (Å²) in [7, 11) is 0. The second-order valence-electron chi connectivity index (χ2n) is 2.41. The van der Waals surface area contributed by atoms with E-state index < -0.39 is 5.67 Å². The summed E-state index contributed by atoms with van der Waals surface area (Å²) in [6.07, 6.45) is 2.48. The van der Waals surface area contributed by atoms with Crippen molar-refractivity contribution in [2.75, 3.05) is 11.5 Å². The van der Waals surface area contributed by atoms with Gasteiger partial charge in [-0.3, -0.25) is 0 Å². The van der Waals surface area contributed by atoms with E-state index in [0.29, 0.717) is 6.61 Å². The van der Waals surface area contributed by atoms with Crippen LogP contribution in [-0.4, -0.2) is 17.2 Å². The Hall–Kier alpha value is 0.620. The van der Waals surface area contributed by atoms with Crippen LogP contribution in [0.25, 0.3) is 0 Å². The van der Waals surface area contributed by atoms with Crippen LogP contribution in [0.2, 0.25) is 0 Å². The summed E-state index contributed by atoms with van der Waals surface area (Å²) in [5.74, 6) is 0. The standard InChI is InChI=1S/C6H11FIO/c1-8-9-5-6(7)3-2-4-6/h2-5H2,1H3/q-1. The zero-order valence-electron chi connectivity index (χ0n) is 5.49. The molecular formula is C6H11FIO-. The van der Waals surface area contributed by atoms with Crippen LogP contribution in [0, 0.1) is 0 Å². The quantitative estimate of drug-likeness (QED) is 0.435. The van der Waals surface area contributed by atoms with Gasteiger partial charge in [-0.2, -0.15) is 0 Å². The second kappa shape index (κ2) is 3.14. The topological polar surface area (TPSA) is 9.23 Å². The van der Waals surface area contributed by atoms with E-state index in [2.05, 4.69) is 0 Å². The van der Waals surface area contributed by atoms with Gasteiger partial charge in [0.25, 0.3) is 0 Å². The van der Waals surface area contributed by atoms with Crippen molar-refractivity contribution in [3.05, 3.63) is 0 Å². The summed E-state index contributed by atoms with van der Waals surface area (Å²) in [5, 5.41) is 0. The summed E-state index contributed by atoms with van der Waals surface area (Å²) >= 11 is -0.171. The van der Waals surface area contributed by atoms with Crippen LogP contribution in [0.4, 0.5) is 4.39 Å². The van der Waals surface area contributed by atoms with Gasteiger partial charge < -0.3 is 0 Å². The zero-order chi connectivity index (χ0) is 6.74. The molecule has 0 spiro atoms. The first-order chi connectivity index (χ1) is 4.27. The van der Waals surface area contributed by atoms with Gasteiger partial charge in [0.2, 0.25) is 0 Å². The molecule has 1 nitrogen and oxygen atoms in total. The van der Waals surface area contributed by atoms with Crippen LogP contribution in [0.15, 0.2) is 0 Å². The fraction of sp³-hybridized carbons (Fsp3) is 1.00. The first kappa shape index (κ1) is 7.72.